The van der Waals surface area contributed by atoms with Gasteiger partial charge in [-0.15, -0.1) is 0 Å². The number of benzene rings is 1. The van der Waals surface area contributed by atoms with Crippen LogP contribution >= 0.6 is 11.6 Å². The van der Waals surface area contributed by atoms with Crippen molar-refractivity contribution >= 4 is 17.6 Å². The van der Waals surface area contributed by atoms with E-state index in [1.807, 2.05) is 16.7 Å². The number of hydrogen-bond acceptors (Lipinski definition) is 4. The highest BCUT2D eigenvalue weighted by Crippen LogP contribution is 2.26. The average Bonchev–Trinajstić information content (AvgIpc) is 2.95. The van der Waals surface area contributed by atoms with Crippen LogP contribution in [0.5, 0.6) is 5.75 Å². The molecule has 2 aromatic rings. The van der Waals surface area contributed by atoms with Crippen LogP contribution in [0.15, 0.2) is 30.7 Å². The van der Waals surface area contributed by atoms with E-state index in [1.165, 1.54) is 0 Å². The zero-order chi connectivity index (χ0) is 17.6. The standard InChI is InChI=1S/C17H21ClN4O3/c1-24-6-4-22-12-19-9-15(22)10-20-17(23)21-5-7-25-16-3-2-14(18)8-13(16)11-21/h2-3,8-9,12H,4-7,10-11H2,1H3,(H,20,23). The van der Waals surface area contributed by atoms with Gasteiger partial charge >= 0.3 is 6.03 Å². The second-order valence-corrected chi connectivity index (χ2v) is 6.19. The Morgan fingerprint density at radius 3 is 3.20 bits per heavy atom. The average molecular weight is 365 g/mol. The van der Waals surface area contributed by atoms with Crippen LogP contribution in [0.25, 0.3) is 0 Å². The van der Waals surface area contributed by atoms with Crippen molar-refractivity contribution < 1.29 is 14.3 Å². The number of hydrogen-bond donors (Lipinski definition) is 1. The molecule has 2 heterocycles. The normalized spacial score (nSPS) is 13.8. The van der Waals surface area contributed by atoms with Crippen LogP contribution in [-0.4, -0.2) is 47.4 Å². The van der Waals surface area contributed by atoms with Gasteiger partial charge in [-0.05, 0) is 18.2 Å². The maximum Gasteiger partial charge on any atom is 0.318 e. The number of nitrogens with zero attached hydrogens (tertiary/aromatic N) is 3. The maximum absolute atomic E-state index is 12.5. The topological polar surface area (TPSA) is 68.6 Å². The Balaban J connectivity index is 1.61. The van der Waals surface area contributed by atoms with Crippen LogP contribution in [0, 0.1) is 0 Å². The van der Waals surface area contributed by atoms with E-state index < -0.39 is 0 Å². The molecule has 1 aliphatic heterocycles. The van der Waals surface area contributed by atoms with Gasteiger partial charge in [0.2, 0.25) is 0 Å². The van der Waals surface area contributed by atoms with E-state index in [0.29, 0.717) is 44.4 Å². The summed E-state index contributed by atoms with van der Waals surface area (Å²) in [5, 5.41) is 3.57. The molecule has 1 N–H and O–H groups in total. The van der Waals surface area contributed by atoms with Crippen molar-refractivity contribution in [3.63, 3.8) is 0 Å². The summed E-state index contributed by atoms with van der Waals surface area (Å²) >= 11 is 6.05. The van der Waals surface area contributed by atoms with E-state index in [2.05, 4.69) is 10.3 Å². The fraction of sp³-hybridized carbons (Fsp3) is 0.412. The zero-order valence-corrected chi connectivity index (χ0v) is 14.8. The highest BCUT2D eigenvalue weighted by molar-refractivity contribution is 6.30. The number of nitrogens with one attached hydrogen (secondary N) is 1. The second kappa shape index (κ2) is 8.22. The van der Waals surface area contributed by atoms with E-state index in [-0.39, 0.29) is 6.03 Å². The lowest BCUT2D eigenvalue weighted by atomic mass is 10.2. The van der Waals surface area contributed by atoms with Crippen LogP contribution < -0.4 is 10.1 Å². The molecule has 0 unspecified atom stereocenters. The number of rotatable bonds is 5. The third-order valence-electron chi connectivity index (χ3n) is 4.05. The minimum Gasteiger partial charge on any atom is -0.491 e. The largest absolute Gasteiger partial charge is 0.491 e. The van der Waals surface area contributed by atoms with E-state index in [0.717, 1.165) is 17.0 Å². The number of carbonyl (C=O) groups excluding carboxylic acids is 1. The number of halogens is 1. The third kappa shape index (κ3) is 4.43. The Bertz CT molecular complexity index is 734. The van der Waals surface area contributed by atoms with Gasteiger partial charge in [0.05, 0.1) is 38.3 Å². The first-order valence-corrected chi connectivity index (χ1v) is 8.47. The highest BCUT2D eigenvalue weighted by Gasteiger charge is 2.20. The van der Waals surface area contributed by atoms with Crippen molar-refractivity contribution in [2.45, 2.75) is 19.6 Å². The predicted octanol–water partition coefficient (Wildman–Crippen LogP) is 2.29. The first-order chi connectivity index (χ1) is 12.2. The molecule has 25 heavy (non-hydrogen) atoms. The summed E-state index contributed by atoms with van der Waals surface area (Å²) in [7, 11) is 1.66. The van der Waals surface area contributed by atoms with Gasteiger partial charge in [-0.3, -0.25) is 0 Å². The van der Waals surface area contributed by atoms with Crippen molar-refractivity contribution in [2.75, 3.05) is 26.9 Å². The lowest BCUT2D eigenvalue weighted by Crippen LogP contribution is -2.40. The summed E-state index contributed by atoms with van der Waals surface area (Å²) in [6, 6.07) is 5.32. The first-order valence-electron chi connectivity index (χ1n) is 8.09. The van der Waals surface area contributed by atoms with Crippen LogP contribution in [0.2, 0.25) is 5.02 Å². The van der Waals surface area contributed by atoms with Gasteiger partial charge < -0.3 is 24.3 Å². The van der Waals surface area contributed by atoms with E-state index in [9.17, 15) is 4.79 Å². The molecule has 0 fully saturated rings. The summed E-state index contributed by atoms with van der Waals surface area (Å²) in [6.07, 6.45) is 3.48. The maximum atomic E-state index is 12.5. The molecule has 0 saturated carbocycles. The number of ether oxygens (including phenoxy) is 2. The van der Waals surface area contributed by atoms with Gasteiger partial charge in [-0.2, -0.15) is 0 Å². The van der Waals surface area contributed by atoms with Crippen molar-refractivity contribution in [2.24, 2.45) is 0 Å². The molecule has 0 bridgehead atoms. The number of carbonyl (C=O) groups is 1. The molecule has 0 radical (unpaired) electrons. The van der Waals surface area contributed by atoms with Crippen molar-refractivity contribution in [3.05, 3.63) is 47.0 Å². The number of methoxy groups -OCH3 is 1. The van der Waals surface area contributed by atoms with Gasteiger partial charge in [-0.25, -0.2) is 9.78 Å². The molecule has 2 amide bonds. The molecule has 134 valence electrons. The summed E-state index contributed by atoms with van der Waals surface area (Å²) in [6.45, 7) is 3.13. The van der Waals surface area contributed by atoms with E-state index in [1.54, 1.807) is 30.6 Å². The highest BCUT2D eigenvalue weighted by atomic mass is 35.5. The van der Waals surface area contributed by atoms with Gasteiger partial charge in [0.25, 0.3) is 0 Å². The lowest BCUT2D eigenvalue weighted by molar-refractivity contribution is 0.183. The summed E-state index contributed by atoms with van der Waals surface area (Å²) in [5.41, 5.74) is 1.84. The minimum atomic E-state index is -0.143. The van der Waals surface area contributed by atoms with Gasteiger partial charge in [0.1, 0.15) is 12.4 Å². The second-order valence-electron chi connectivity index (χ2n) is 5.75. The fourth-order valence-corrected chi connectivity index (χ4v) is 2.90. The SMILES string of the molecule is COCCn1cncc1CNC(=O)N1CCOc2ccc(Cl)cc2C1. The zero-order valence-electron chi connectivity index (χ0n) is 14.1. The number of aromatic nitrogens is 2. The Hall–Kier alpha value is -2.25. The molecule has 1 aromatic carbocycles. The number of urea groups is 1. The third-order valence-corrected chi connectivity index (χ3v) is 4.28. The number of amides is 2. The van der Waals surface area contributed by atoms with Crippen LogP contribution in [0.1, 0.15) is 11.3 Å². The molecule has 0 spiro atoms. The lowest BCUT2D eigenvalue weighted by Gasteiger charge is -2.20. The van der Waals surface area contributed by atoms with Gasteiger partial charge in [0.15, 0.2) is 0 Å². The monoisotopic (exact) mass is 364 g/mol. The first kappa shape index (κ1) is 17.6. The minimum absolute atomic E-state index is 0.143. The molecule has 0 aliphatic carbocycles. The van der Waals surface area contributed by atoms with Crippen molar-refractivity contribution in [1.82, 2.24) is 19.8 Å². The van der Waals surface area contributed by atoms with E-state index >= 15 is 0 Å². The summed E-state index contributed by atoms with van der Waals surface area (Å²) in [4.78, 5) is 18.4. The quantitative estimate of drug-likeness (QED) is 0.883. The Morgan fingerprint density at radius 1 is 1.48 bits per heavy atom. The number of imidazole rings is 1. The Kier molecular flexibility index (Phi) is 5.78. The fourth-order valence-electron chi connectivity index (χ4n) is 2.70. The Morgan fingerprint density at radius 2 is 2.36 bits per heavy atom. The Labute approximate surface area is 151 Å². The summed E-state index contributed by atoms with van der Waals surface area (Å²) in [5.74, 6) is 0.775. The molecule has 7 nitrogen and oxygen atoms in total. The van der Waals surface area contributed by atoms with Crippen molar-refractivity contribution in [1.29, 1.82) is 0 Å². The summed E-state index contributed by atoms with van der Waals surface area (Å²) < 4.78 is 12.7. The smallest absolute Gasteiger partial charge is 0.318 e. The van der Waals surface area contributed by atoms with Crippen LogP contribution in [0.4, 0.5) is 4.79 Å². The molecule has 0 saturated heterocycles. The molecule has 1 aliphatic rings. The van der Waals surface area contributed by atoms with Gasteiger partial charge in [-0.1, -0.05) is 11.6 Å². The molecule has 1 aromatic heterocycles. The molecule has 3 rings (SSSR count). The van der Waals surface area contributed by atoms with Gasteiger partial charge in [0, 0.05) is 30.4 Å². The van der Waals surface area contributed by atoms with Crippen LogP contribution in [0.3, 0.4) is 0 Å². The molecule has 0 atom stereocenters. The van der Waals surface area contributed by atoms with Crippen LogP contribution in [-0.2, 0) is 24.4 Å². The van der Waals surface area contributed by atoms with E-state index in [4.69, 9.17) is 21.1 Å². The predicted molar refractivity (Wildman–Crippen MR) is 93.7 cm³/mol. The van der Waals surface area contributed by atoms with Crippen molar-refractivity contribution in [3.8, 4) is 5.75 Å². The molecular weight excluding hydrogens is 344 g/mol. The molecular formula is C17H21ClN4O3. The molecule has 8 heteroatoms. The number of fused-ring (bicyclic) bond motifs is 1.